The van der Waals surface area contributed by atoms with Gasteiger partial charge in [0.2, 0.25) is 0 Å². The molecule has 0 radical (unpaired) electrons. The first-order valence-corrected chi connectivity index (χ1v) is 7.91. The lowest BCUT2D eigenvalue weighted by Crippen LogP contribution is -2.37. The highest BCUT2D eigenvalue weighted by Gasteiger charge is 2.16. The van der Waals surface area contributed by atoms with Crippen molar-refractivity contribution < 1.29 is 9.53 Å². The first kappa shape index (κ1) is 15.6. The molecule has 1 unspecified atom stereocenters. The Balaban J connectivity index is 1.54. The van der Waals surface area contributed by atoms with Crippen molar-refractivity contribution in [2.75, 3.05) is 20.2 Å². The Morgan fingerprint density at radius 1 is 1.43 bits per heavy atom. The molecule has 6 heteroatoms. The van der Waals surface area contributed by atoms with Crippen LogP contribution >= 0.6 is 0 Å². The van der Waals surface area contributed by atoms with Gasteiger partial charge in [-0.1, -0.05) is 12.1 Å². The Bertz CT molecular complexity index is 645. The average molecular weight is 314 g/mol. The summed E-state index contributed by atoms with van der Waals surface area (Å²) in [7, 11) is 1.65. The molecule has 1 saturated heterocycles. The fraction of sp³-hybridized carbons (Fsp3) is 0.412. The summed E-state index contributed by atoms with van der Waals surface area (Å²) in [4.78, 5) is 12.1. The van der Waals surface area contributed by atoms with Crippen molar-refractivity contribution in [3.05, 3.63) is 47.8 Å². The highest BCUT2D eigenvalue weighted by Crippen LogP contribution is 2.12. The van der Waals surface area contributed by atoms with E-state index in [-0.39, 0.29) is 5.91 Å². The molecule has 23 heavy (non-hydrogen) atoms. The third kappa shape index (κ3) is 4.10. The number of nitrogens with one attached hydrogen (secondary N) is 2. The van der Waals surface area contributed by atoms with Crippen molar-refractivity contribution in [3.8, 4) is 5.75 Å². The standard InChI is InChI=1S/C17H22N4O2/c1-23-16-6-4-13(5-7-16)11-21-12-14(9-20-21)17(22)19-10-15-3-2-8-18-15/h4-7,9,12,15,18H,2-3,8,10-11H2,1H3,(H,19,22). The fourth-order valence-corrected chi connectivity index (χ4v) is 2.73. The minimum absolute atomic E-state index is 0.0697. The lowest BCUT2D eigenvalue weighted by Gasteiger charge is -2.10. The second-order valence-electron chi connectivity index (χ2n) is 5.78. The number of methoxy groups -OCH3 is 1. The van der Waals surface area contributed by atoms with Gasteiger partial charge >= 0.3 is 0 Å². The predicted molar refractivity (Wildman–Crippen MR) is 87.7 cm³/mol. The number of hydrogen-bond donors (Lipinski definition) is 2. The molecule has 0 aliphatic carbocycles. The van der Waals surface area contributed by atoms with E-state index in [4.69, 9.17) is 4.74 Å². The van der Waals surface area contributed by atoms with Crippen LogP contribution in [-0.2, 0) is 6.54 Å². The van der Waals surface area contributed by atoms with E-state index in [0.29, 0.717) is 24.7 Å². The third-order valence-electron chi connectivity index (χ3n) is 4.07. The number of aromatic nitrogens is 2. The number of amides is 1. The van der Waals surface area contributed by atoms with Crippen LogP contribution in [0.4, 0.5) is 0 Å². The normalized spacial score (nSPS) is 17.2. The van der Waals surface area contributed by atoms with Crippen LogP contribution in [0.15, 0.2) is 36.7 Å². The van der Waals surface area contributed by atoms with Gasteiger partial charge in [0.05, 0.1) is 25.4 Å². The molecule has 1 atom stereocenters. The first-order valence-electron chi connectivity index (χ1n) is 7.91. The molecule has 1 aromatic carbocycles. The second kappa shape index (κ2) is 7.28. The molecule has 2 N–H and O–H groups in total. The van der Waals surface area contributed by atoms with E-state index in [0.717, 1.165) is 24.3 Å². The van der Waals surface area contributed by atoms with Crippen molar-refractivity contribution in [2.24, 2.45) is 0 Å². The summed E-state index contributed by atoms with van der Waals surface area (Å²) in [5.41, 5.74) is 1.70. The van der Waals surface area contributed by atoms with Crippen LogP contribution in [-0.4, -0.2) is 41.9 Å². The van der Waals surface area contributed by atoms with Crippen LogP contribution in [0.5, 0.6) is 5.75 Å². The quantitative estimate of drug-likeness (QED) is 0.846. The number of carbonyl (C=O) groups is 1. The van der Waals surface area contributed by atoms with E-state index < -0.39 is 0 Å². The van der Waals surface area contributed by atoms with Gasteiger partial charge < -0.3 is 15.4 Å². The maximum atomic E-state index is 12.1. The smallest absolute Gasteiger partial charge is 0.254 e. The number of nitrogens with zero attached hydrogens (tertiary/aromatic N) is 2. The molecule has 0 spiro atoms. The minimum Gasteiger partial charge on any atom is -0.497 e. The van der Waals surface area contributed by atoms with Crippen LogP contribution in [0, 0.1) is 0 Å². The summed E-state index contributed by atoms with van der Waals surface area (Å²) >= 11 is 0. The zero-order valence-corrected chi connectivity index (χ0v) is 13.3. The van der Waals surface area contributed by atoms with Gasteiger partial charge in [0.15, 0.2) is 0 Å². The van der Waals surface area contributed by atoms with Gasteiger partial charge in [-0.3, -0.25) is 9.48 Å². The summed E-state index contributed by atoms with van der Waals surface area (Å²) in [6, 6.07) is 8.22. The molecule has 2 heterocycles. The zero-order valence-electron chi connectivity index (χ0n) is 13.3. The second-order valence-corrected chi connectivity index (χ2v) is 5.78. The van der Waals surface area contributed by atoms with E-state index in [1.807, 2.05) is 24.3 Å². The van der Waals surface area contributed by atoms with E-state index >= 15 is 0 Å². The van der Waals surface area contributed by atoms with Crippen LogP contribution in [0.3, 0.4) is 0 Å². The third-order valence-corrected chi connectivity index (χ3v) is 4.07. The van der Waals surface area contributed by atoms with Crippen LogP contribution in [0.25, 0.3) is 0 Å². The molecule has 1 fully saturated rings. The highest BCUT2D eigenvalue weighted by molar-refractivity contribution is 5.93. The van der Waals surface area contributed by atoms with Crippen molar-refractivity contribution in [2.45, 2.75) is 25.4 Å². The fourth-order valence-electron chi connectivity index (χ4n) is 2.73. The lowest BCUT2D eigenvalue weighted by molar-refractivity contribution is 0.0950. The molecule has 0 saturated carbocycles. The zero-order chi connectivity index (χ0) is 16.1. The maximum Gasteiger partial charge on any atom is 0.254 e. The minimum atomic E-state index is -0.0697. The topological polar surface area (TPSA) is 68.2 Å². The van der Waals surface area contributed by atoms with E-state index in [1.165, 1.54) is 6.42 Å². The van der Waals surface area contributed by atoms with Gasteiger partial charge in [0.1, 0.15) is 5.75 Å². The Morgan fingerprint density at radius 3 is 2.96 bits per heavy atom. The summed E-state index contributed by atoms with van der Waals surface area (Å²) in [6.45, 7) is 2.34. The molecule has 3 rings (SSSR count). The number of hydrogen-bond acceptors (Lipinski definition) is 4. The Morgan fingerprint density at radius 2 is 2.26 bits per heavy atom. The van der Waals surface area contributed by atoms with Gasteiger partial charge in [-0.2, -0.15) is 5.10 Å². The number of ether oxygens (including phenoxy) is 1. The van der Waals surface area contributed by atoms with Crippen molar-refractivity contribution >= 4 is 5.91 Å². The van der Waals surface area contributed by atoms with Gasteiger partial charge in [-0.25, -0.2) is 0 Å². The summed E-state index contributed by atoms with van der Waals surface area (Å²) in [6.07, 6.45) is 5.69. The van der Waals surface area contributed by atoms with Crippen molar-refractivity contribution in [1.29, 1.82) is 0 Å². The molecule has 1 aliphatic heterocycles. The molecule has 2 aromatic rings. The van der Waals surface area contributed by atoms with Gasteiger partial charge in [0.25, 0.3) is 5.91 Å². The molecular formula is C17H22N4O2. The number of carbonyl (C=O) groups excluding carboxylic acids is 1. The van der Waals surface area contributed by atoms with E-state index in [1.54, 1.807) is 24.2 Å². The van der Waals surface area contributed by atoms with Crippen molar-refractivity contribution in [1.82, 2.24) is 20.4 Å². The van der Waals surface area contributed by atoms with Gasteiger partial charge in [-0.05, 0) is 37.1 Å². The van der Waals surface area contributed by atoms with Crippen molar-refractivity contribution in [3.63, 3.8) is 0 Å². The molecule has 1 aromatic heterocycles. The first-order chi connectivity index (χ1) is 11.2. The predicted octanol–water partition coefficient (Wildman–Crippen LogP) is 1.42. The Hall–Kier alpha value is -2.34. The summed E-state index contributed by atoms with van der Waals surface area (Å²) < 4.78 is 6.91. The Labute approximate surface area is 135 Å². The number of benzene rings is 1. The summed E-state index contributed by atoms with van der Waals surface area (Å²) in [5, 5.41) is 10.6. The number of rotatable bonds is 6. The molecule has 6 nitrogen and oxygen atoms in total. The molecule has 1 aliphatic rings. The van der Waals surface area contributed by atoms with Crippen LogP contribution in [0.2, 0.25) is 0 Å². The van der Waals surface area contributed by atoms with Crippen LogP contribution in [0.1, 0.15) is 28.8 Å². The Kier molecular flexibility index (Phi) is 4.92. The van der Waals surface area contributed by atoms with E-state index in [2.05, 4.69) is 15.7 Å². The molecule has 1 amide bonds. The lowest BCUT2D eigenvalue weighted by atomic mass is 10.2. The highest BCUT2D eigenvalue weighted by atomic mass is 16.5. The largest absolute Gasteiger partial charge is 0.497 e. The SMILES string of the molecule is COc1ccc(Cn2cc(C(=O)NCC3CCCN3)cn2)cc1. The van der Waals surface area contributed by atoms with Crippen LogP contribution < -0.4 is 15.4 Å². The molecule has 122 valence electrons. The van der Waals surface area contributed by atoms with Gasteiger partial charge in [-0.15, -0.1) is 0 Å². The van der Waals surface area contributed by atoms with Gasteiger partial charge in [0, 0.05) is 18.8 Å². The summed E-state index contributed by atoms with van der Waals surface area (Å²) in [5.74, 6) is 0.759. The van der Waals surface area contributed by atoms with E-state index in [9.17, 15) is 4.79 Å². The monoisotopic (exact) mass is 314 g/mol. The maximum absolute atomic E-state index is 12.1. The molecule has 0 bridgehead atoms. The molecular weight excluding hydrogens is 292 g/mol. The average Bonchev–Trinajstić information content (AvgIpc) is 3.25.